The van der Waals surface area contributed by atoms with Crippen molar-refractivity contribution in [2.45, 2.75) is 39.7 Å². The number of ether oxygens (including phenoxy) is 1. The van der Waals surface area contributed by atoms with Crippen LogP contribution < -0.4 is 5.32 Å². The predicted molar refractivity (Wildman–Crippen MR) is 68.8 cm³/mol. The van der Waals surface area contributed by atoms with E-state index in [4.69, 9.17) is 4.74 Å². The van der Waals surface area contributed by atoms with Crippen molar-refractivity contribution in [1.29, 1.82) is 0 Å². The summed E-state index contributed by atoms with van der Waals surface area (Å²) in [5.74, 6) is 0.734. The fourth-order valence-electron chi connectivity index (χ4n) is 2.49. The summed E-state index contributed by atoms with van der Waals surface area (Å²) < 4.78 is 5.78. The molecule has 1 rings (SSSR count). The van der Waals surface area contributed by atoms with Crippen molar-refractivity contribution in [3.05, 3.63) is 0 Å². The van der Waals surface area contributed by atoms with Crippen molar-refractivity contribution in [3.63, 3.8) is 0 Å². The molecule has 3 nitrogen and oxygen atoms in total. The Kier molecular flexibility index (Phi) is 5.73. The van der Waals surface area contributed by atoms with Gasteiger partial charge in [0.25, 0.3) is 0 Å². The molecule has 1 aliphatic heterocycles. The highest BCUT2D eigenvalue weighted by Gasteiger charge is 2.23. The molecule has 1 heterocycles. The minimum atomic E-state index is -0.0128. The van der Waals surface area contributed by atoms with Crippen LogP contribution in [0.15, 0.2) is 0 Å². The van der Waals surface area contributed by atoms with Gasteiger partial charge in [-0.15, -0.1) is 0 Å². The third-order valence-electron chi connectivity index (χ3n) is 3.03. The molecule has 0 saturated carbocycles. The molecule has 0 radical (unpaired) electrons. The van der Waals surface area contributed by atoms with Gasteiger partial charge in [0.05, 0.1) is 5.60 Å². The Bertz CT molecular complexity index is 194. The number of nitrogens with one attached hydrogen (secondary N) is 1. The van der Waals surface area contributed by atoms with Crippen molar-refractivity contribution < 1.29 is 4.74 Å². The van der Waals surface area contributed by atoms with Gasteiger partial charge in [0, 0.05) is 19.7 Å². The average Bonchev–Trinajstić information content (AvgIpc) is 2.12. The van der Waals surface area contributed by atoms with Gasteiger partial charge in [-0.05, 0) is 52.7 Å². The fraction of sp³-hybridized carbons (Fsp3) is 1.00. The zero-order valence-electron chi connectivity index (χ0n) is 11.4. The van der Waals surface area contributed by atoms with E-state index in [9.17, 15) is 0 Å². The maximum absolute atomic E-state index is 5.78. The lowest BCUT2D eigenvalue weighted by atomic mass is 10.1. The first-order valence-corrected chi connectivity index (χ1v) is 6.60. The molecule has 0 spiro atoms. The number of rotatable bonds is 4. The van der Waals surface area contributed by atoms with Crippen molar-refractivity contribution in [2.75, 3.05) is 39.3 Å². The quantitative estimate of drug-likeness (QED) is 0.793. The summed E-state index contributed by atoms with van der Waals surface area (Å²) >= 11 is 0. The van der Waals surface area contributed by atoms with Crippen molar-refractivity contribution in [1.82, 2.24) is 10.2 Å². The van der Waals surface area contributed by atoms with Crippen LogP contribution in [0.25, 0.3) is 0 Å². The van der Waals surface area contributed by atoms with E-state index in [1.54, 1.807) is 0 Å². The molecule has 1 saturated heterocycles. The molecule has 1 aliphatic rings. The summed E-state index contributed by atoms with van der Waals surface area (Å²) in [5, 5.41) is 3.49. The van der Waals surface area contributed by atoms with Crippen molar-refractivity contribution >= 4 is 0 Å². The molecule has 0 aromatic carbocycles. The van der Waals surface area contributed by atoms with Crippen molar-refractivity contribution in [2.24, 2.45) is 5.92 Å². The second kappa shape index (κ2) is 6.58. The van der Waals surface area contributed by atoms with Crippen LogP contribution in [0.3, 0.4) is 0 Å². The molecule has 1 fully saturated rings. The lowest BCUT2D eigenvalue weighted by molar-refractivity contribution is -0.0370. The van der Waals surface area contributed by atoms with E-state index in [-0.39, 0.29) is 5.60 Å². The molecule has 1 unspecified atom stereocenters. The SMILES string of the molecule is CCOC(C)(C)CN1CCCNCC(C)C1. The van der Waals surface area contributed by atoms with Gasteiger partial charge >= 0.3 is 0 Å². The molecular weight excluding hydrogens is 200 g/mol. The molecule has 0 amide bonds. The maximum atomic E-state index is 5.78. The molecule has 0 aliphatic carbocycles. The van der Waals surface area contributed by atoms with Crippen LogP contribution in [-0.2, 0) is 4.74 Å². The van der Waals surface area contributed by atoms with Crippen LogP contribution in [0.5, 0.6) is 0 Å². The molecule has 0 bridgehead atoms. The summed E-state index contributed by atoms with van der Waals surface area (Å²) in [7, 11) is 0. The highest BCUT2D eigenvalue weighted by molar-refractivity contribution is 4.77. The Labute approximate surface area is 101 Å². The molecule has 0 aromatic rings. The third kappa shape index (κ3) is 5.28. The van der Waals surface area contributed by atoms with Gasteiger partial charge in [-0.25, -0.2) is 0 Å². The first-order valence-electron chi connectivity index (χ1n) is 6.60. The smallest absolute Gasteiger partial charge is 0.0752 e. The minimum absolute atomic E-state index is 0.0128. The number of hydrogen-bond acceptors (Lipinski definition) is 3. The molecule has 1 atom stereocenters. The second-order valence-electron chi connectivity index (χ2n) is 5.59. The highest BCUT2D eigenvalue weighted by atomic mass is 16.5. The van der Waals surface area contributed by atoms with Gasteiger partial charge in [-0.3, -0.25) is 0 Å². The van der Waals surface area contributed by atoms with Gasteiger partial charge in [-0.2, -0.15) is 0 Å². The molecule has 96 valence electrons. The molecule has 3 heteroatoms. The predicted octanol–water partition coefficient (Wildman–Crippen LogP) is 1.73. The lowest BCUT2D eigenvalue weighted by Gasteiger charge is -2.35. The largest absolute Gasteiger partial charge is 0.375 e. The van der Waals surface area contributed by atoms with Gasteiger partial charge < -0.3 is 15.0 Å². The van der Waals surface area contributed by atoms with Crippen LogP contribution >= 0.6 is 0 Å². The number of nitrogens with zero attached hydrogens (tertiary/aromatic N) is 1. The Morgan fingerprint density at radius 1 is 1.44 bits per heavy atom. The Morgan fingerprint density at radius 3 is 2.88 bits per heavy atom. The van der Waals surface area contributed by atoms with E-state index in [1.807, 2.05) is 0 Å². The van der Waals surface area contributed by atoms with E-state index in [0.717, 1.165) is 32.2 Å². The lowest BCUT2D eigenvalue weighted by Crippen LogP contribution is -2.46. The summed E-state index contributed by atoms with van der Waals surface area (Å²) in [4.78, 5) is 2.56. The van der Waals surface area contributed by atoms with E-state index in [2.05, 4.69) is 37.9 Å². The summed E-state index contributed by atoms with van der Waals surface area (Å²) in [6, 6.07) is 0. The summed E-state index contributed by atoms with van der Waals surface area (Å²) in [6.07, 6.45) is 1.24. The first-order chi connectivity index (χ1) is 7.53. The first kappa shape index (κ1) is 13.9. The van der Waals surface area contributed by atoms with Crippen LogP contribution in [0.2, 0.25) is 0 Å². The van der Waals surface area contributed by atoms with E-state index < -0.39 is 0 Å². The molecular formula is C13H28N2O. The molecule has 0 aromatic heterocycles. The van der Waals surface area contributed by atoms with Gasteiger partial charge in [0.15, 0.2) is 0 Å². The Balaban J connectivity index is 2.43. The van der Waals surface area contributed by atoms with Gasteiger partial charge in [0.1, 0.15) is 0 Å². The topological polar surface area (TPSA) is 24.5 Å². The Hall–Kier alpha value is -0.120. The second-order valence-corrected chi connectivity index (χ2v) is 5.59. The van der Waals surface area contributed by atoms with Crippen LogP contribution in [0.1, 0.15) is 34.1 Å². The monoisotopic (exact) mass is 228 g/mol. The van der Waals surface area contributed by atoms with Gasteiger partial charge in [-0.1, -0.05) is 6.92 Å². The number of hydrogen-bond donors (Lipinski definition) is 1. The normalized spacial score (nSPS) is 25.1. The van der Waals surface area contributed by atoms with E-state index in [0.29, 0.717) is 0 Å². The standard InChI is InChI=1S/C13H28N2O/c1-5-16-13(3,4)11-15-8-6-7-14-9-12(2)10-15/h12,14H,5-11H2,1-4H3. The summed E-state index contributed by atoms with van der Waals surface area (Å²) in [6.45, 7) is 15.3. The minimum Gasteiger partial charge on any atom is -0.375 e. The summed E-state index contributed by atoms with van der Waals surface area (Å²) in [5.41, 5.74) is -0.0128. The zero-order chi connectivity index (χ0) is 12.0. The third-order valence-corrected chi connectivity index (χ3v) is 3.03. The zero-order valence-corrected chi connectivity index (χ0v) is 11.4. The van der Waals surface area contributed by atoms with Crippen molar-refractivity contribution in [3.8, 4) is 0 Å². The molecule has 16 heavy (non-hydrogen) atoms. The van der Waals surface area contributed by atoms with E-state index >= 15 is 0 Å². The highest BCUT2D eigenvalue weighted by Crippen LogP contribution is 2.14. The average molecular weight is 228 g/mol. The van der Waals surface area contributed by atoms with Crippen LogP contribution in [0, 0.1) is 5.92 Å². The molecule has 1 N–H and O–H groups in total. The van der Waals surface area contributed by atoms with Gasteiger partial charge in [0.2, 0.25) is 0 Å². The van der Waals surface area contributed by atoms with Crippen LogP contribution in [0.4, 0.5) is 0 Å². The van der Waals surface area contributed by atoms with E-state index in [1.165, 1.54) is 19.5 Å². The van der Waals surface area contributed by atoms with Crippen LogP contribution in [-0.4, -0.2) is 49.8 Å². The Morgan fingerprint density at radius 2 is 2.19 bits per heavy atom. The maximum Gasteiger partial charge on any atom is 0.0752 e. The fourth-order valence-corrected chi connectivity index (χ4v) is 2.49.